The van der Waals surface area contributed by atoms with Gasteiger partial charge in [-0.1, -0.05) is 11.3 Å². The number of aromatic nitrogens is 2. The zero-order valence-electron chi connectivity index (χ0n) is 17.8. The third-order valence-corrected chi connectivity index (χ3v) is 7.41. The molecule has 5 heterocycles. The van der Waals surface area contributed by atoms with Gasteiger partial charge in [0.25, 0.3) is 5.19 Å². The highest BCUT2D eigenvalue weighted by atomic mass is 32.1. The first-order chi connectivity index (χ1) is 15.6. The van der Waals surface area contributed by atoms with Crippen molar-refractivity contribution in [2.75, 3.05) is 0 Å². The van der Waals surface area contributed by atoms with Crippen LogP contribution in [0.1, 0.15) is 38.4 Å². The van der Waals surface area contributed by atoms with Crippen LogP contribution in [0.2, 0.25) is 0 Å². The molecule has 3 aromatic heterocycles. The molecule has 0 spiro atoms. The van der Waals surface area contributed by atoms with Gasteiger partial charge in [-0.15, -0.1) is 0 Å². The van der Waals surface area contributed by atoms with Gasteiger partial charge in [0.15, 0.2) is 5.65 Å². The SMILES string of the molecule is CC(=O)NC1C[C@H]2CC[C@@H](C1)N2Cc1cc2cc(Oc3nc4ncccc4s3)ccc2o1. The number of amides is 1. The van der Waals surface area contributed by atoms with Crippen molar-refractivity contribution in [2.45, 2.75) is 57.3 Å². The molecule has 2 saturated heterocycles. The van der Waals surface area contributed by atoms with Crippen LogP contribution in [0, 0.1) is 0 Å². The van der Waals surface area contributed by atoms with Crippen molar-refractivity contribution in [3.8, 4) is 10.9 Å². The van der Waals surface area contributed by atoms with Crippen LogP contribution in [-0.2, 0) is 11.3 Å². The number of carbonyl (C=O) groups is 1. The Morgan fingerprint density at radius 2 is 2.09 bits per heavy atom. The number of benzene rings is 1. The van der Waals surface area contributed by atoms with Gasteiger partial charge < -0.3 is 14.5 Å². The van der Waals surface area contributed by atoms with Gasteiger partial charge in [0.1, 0.15) is 17.1 Å². The average Bonchev–Trinajstić information content (AvgIpc) is 3.41. The summed E-state index contributed by atoms with van der Waals surface area (Å²) < 4.78 is 13.2. The second-order valence-electron chi connectivity index (χ2n) is 8.75. The number of hydrogen-bond acceptors (Lipinski definition) is 7. The van der Waals surface area contributed by atoms with Crippen molar-refractivity contribution >= 4 is 38.6 Å². The third kappa shape index (κ3) is 3.73. The molecule has 2 bridgehead atoms. The van der Waals surface area contributed by atoms with Crippen molar-refractivity contribution in [3.05, 3.63) is 48.4 Å². The minimum atomic E-state index is 0.0697. The number of nitrogens with zero attached hydrogens (tertiary/aromatic N) is 3. The van der Waals surface area contributed by atoms with E-state index in [9.17, 15) is 4.79 Å². The summed E-state index contributed by atoms with van der Waals surface area (Å²) in [6.45, 7) is 2.41. The molecule has 6 rings (SSSR count). The first-order valence-corrected chi connectivity index (χ1v) is 11.9. The van der Waals surface area contributed by atoms with Gasteiger partial charge in [-0.2, -0.15) is 4.98 Å². The lowest BCUT2D eigenvalue weighted by Gasteiger charge is -2.38. The molecule has 8 heteroatoms. The van der Waals surface area contributed by atoms with Gasteiger partial charge in [-0.05, 0) is 62.1 Å². The smallest absolute Gasteiger partial charge is 0.281 e. The number of ether oxygens (including phenoxy) is 1. The maximum absolute atomic E-state index is 11.4. The fourth-order valence-corrected chi connectivity index (χ4v) is 6.02. The highest BCUT2D eigenvalue weighted by Crippen LogP contribution is 2.38. The minimum Gasteiger partial charge on any atom is -0.460 e. The number of pyridine rings is 1. The Bertz CT molecular complexity index is 1250. The average molecular weight is 449 g/mol. The Kier molecular flexibility index (Phi) is 4.84. The van der Waals surface area contributed by atoms with E-state index in [-0.39, 0.29) is 5.91 Å². The first kappa shape index (κ1) is 19.7. The van der Waals surface area contributed by atoms with Crippen molar-refractivity contribution in [1.82, 2.24) is 20.2 Å². The summed E-state index contributed by atoms with van der Waals surface area (Å²) in [4.78, 5) is 22.7. The van der Waals surface area contributed by atoms with Crippen LogP contribution in [0.15, 0.2) is 47.0 Å². The minimum absolute atomic E-state index is 0.0697. The van der Waals surface area contributed by atoms with Crippen LogP contribution in [-0.4, -0.2) is 38.9 Å². The van der Waals surface area contributed by atoms with E-state index in [4.69, 9.17) is 9.15 Å². The topological polar surface area (TPSA) is 80.5 Å². The number of piperidine rings is 1. The number of fused-ring (bicyclic) bond motifs is 4. The Balaban J connectivity index is 1.17. The van der Waals surface area contributed by atoms with Crippen LogP contribution in [0.25, 0.3) is 21.3 Å². The number of thiazole rings is 1. The molecule has 3 atom stereocenters. The zero-order chi connectivity index (χ0) is 21.7. The third-order valence-electron chi connectivity index (χ3n) is 6.52. The molecule has 2 fully saturated rings. The zero-order valence-corrected chi connectivity index (χ0v) is 18.6. The van der Waals surface area contributed by atoms with E-state index in [2.05, 4.69) is 26.3 Å². The summed E-state index contributed by atoms with van der Waals surface area (Å²) >= 11 is 1.48. The molecule has 0 saturated carbocycles. The molecule has 2 aliphatic rings. The lowest BCUT2D eigenvalue weighted by Crippen LogP contribution is -2.49. The predicted molar refractivity (Wildman–Crippen MR) is 123 cm³/mol. The van der Waals surface area contributed by atoms with E-state index in [0.717, 1.165) is 46.6 Å². The van der Waals surface area contributed by atoms with Gasteiger partial charge in [0, 0.05) is 36.6 Å². The molecular weight excluding hydrogens is 424 g/mol. The van der Waals surface area contributed by atoms with Gasteiger partial charge >= 0.3 is 0 Å². The van der Waals surface area contributed by atoms with E-state index in [1.165, 1.54) is 24.2 Å². The maximum Gasteiger partial charge on any atom is 0.281 e. The molecule has 0 aliphatic carbocycles. The van der Waals surface area contributed by atoms with Gasteiger partial charge in [-0.25, -0.2) is 4.98 Å². The highest BCUT2D eigenvalue weighted by Gasteiger charge is 2.41. The quantitative estimate of drug-likeness (QED) is 0.470. The summed E-state index contributed by atoms with van der Waals surface area (Å²) in [6, 6.07) is 13.2. The molecular formula is C24H24N4O3S. The fourth-order valence-electron chi connectivity index (χ4n) is 5.23. The standard InChI is InChI=1S/C24H24N4O3S/c1-14(29)26-16-11-17-4-5-18(12-16)28(17)13-20-10-15-9-19(6-7-21(15)30-20)31-24-27-23-22(32-24)3-2-8-25-23/h2-3,6-10,16-18H,4-5,11-13H2,1H3,(H,26,29)/t16?,17-,18+. The number of carbonyl (C=O) groups excluding carboxylic acids is 1. The Hall–Kier alpha value is -2.97. The van der Waals surface area contributed by atoms with E-state index >= 15 is 0 Å². The van der Waals surface area contributed by atoms with Crippen LogP contribution >= 0.6 is 11.3 Å². The second-order valence-corrected chi connectivity index (χ2v) is 9.74. The van der Waals surface area contributed by atoms with Crippen LogP contribution in [0.5, 0.6) is 10.9 Å². The van der Waals surface area contributed by atoms with E-state index in [1.807, 2.05) is 30.3 Å². The second kappa shape index (κ2) is 7.86. The van der Waals surface area contributed by atoms with E-state index in [1.54, 1.807) is 13.1 Å². The highest BCUT2D eigenvalue weighted by molar-refractivity contribution is 7.20. The molecule has 32 heavy (non-hydrogen) atoms. The fraction of sp³-hybridized carbons (Fsp3) is 0.375. The predicted octanol–water partition coefficient (Wildman–Crippen LogP) is 4.86. The molecule has 164 valence electrons. The molecule has 2 aliphatic heterocycles. The summed E-state index contributed by atoms with van der Waals surface area (Å²) in [5.74, 6) is 1.77. The van der Waals surface area contributed by atoms with Crippen molar-refractivity contribution in [3.63, 3.8) is 0 Å². The number of rotatable bonds is 5. The molecule has 1 unspecified atom stereocenters. The molecule has 0 radical (unpaired) electrons. The number of furan rings is 1. The molecule has 1 amide bonds. The summed E-state index contributed by atoms with van der Waals surface area (Å²) in [6.07, 6.45) is 6.15. The summed E-state index contributed by atoms with van der Waals surface area (Å²) in [7, 11) is 0. The molecule has 7 nitrogen and oxygen atoms in total. The van der Waals surface area contributed by atoms with Crippen LogP contribution in [0.4, 0.5) is 0 Å². The van der Waals surface area contributed by atoms with Crippen molar-refractivity contribution in [2.24, 2.45) is 0 Å². The lowest BCUT2D eigenvalue weighted by atomic mass is 9.97. The Labute approximate surface area is 189 Å². The Morgan fingerprint density at radius 1 is 1.25 bits per heavy atom. The van der Waals surface area contributed by atoms with Crippen molar-refractivity contribution < 1.29 is 13.9 Å². The molecule has 4 aromatic rings. The summed E-state index contributed by atoms with van der Waals surface area (Å²) in [5.41, 5.74) is 1.56. The normalized spacial score (nSPS) is 23.1. The van der Waals surface area contributed by atoms with Crippen molar-refractivity contribution in [1.29, 1.82) is 0 Å². The van der Waals surface area contributed by atoms with E-state index < -0.39 is 0 Å². The van der Waals surface area contributed by atoms with Crippen LogP contribution < -0.4 is 10.1 Å². The van der Waals surface area contributed by atoms with E-state index in [0.29, 0.717) is 29.0 Å². The van der Waals surface area contributed by atoms with Gasteiger partial charge in [0.05, 0.1) is 11.2 Å². The van der Waals surface area contributed by atoms with Gasteiger partial charge in [-0.3, -0.25) is 9.69 Å². The van der Waals surface area contributed by atoms with Gasteiger partial charge in [0.2, 0.25) is 5.91 Å². The number of nitrogens with one attached hydrogen (secondary N) is 1. The summed E-state index contributed by atoms with van der Waals surface area (Å²) in [5, 5.41) is 4.72. The maximum atomic E-state index is 11.4. The molecule has 1 aromatic carbocycles. The molecule has 1 N–H and O–H groups in total. The van der Waals surface area contributed by atoms with Crippen LogP contribution in [0.3, 0.4) is 0 Å². The lowest BCUT2D eigenvalue weighted by molar-refractivity contribution is -0.120. The number of hydrogen-bond donors (Lipinski definition) is 1. The Morgan fingerprint density at radius 3 is 2.88 bits per heavy atom. The largest absolute Gasteiger partial charge is 0.460 e. The first-order valence-electron chi connectivity index (χ1n) is 11.1. The monoisotopic (exact) mass is 448 g/mol.